The van der Waals surface area contributed by atoms with Gasteiger partial charge < -0.3 is 4.90 Å². The minimum Gasteiger partial charge on any atom is -0.378 e. The first-order valence-electron chi connectivity index (χ1n) is 7.44. The van der Waals surface area contributed by atoms with Crippen LogP contribution in [0.3, 0.4) is 0 Å². The molecular weight excluding hydrogens is 292 g/mol. The van der Waals surface area contributed by atoms with Gasteiger partial charge in [-0.05, 0) is 17.7 Å². The number of carbonyl (C=O) groups excluding carboxylic acids is 1. The summed E-state index contributed by atoms with van der Waals surface area (Å²) in [5.41, 5.74) is 2.42. The Hall–Kier alpha value is -2.69. The van der Waals surface area contributed by atoms with Crippen LogP contribution in [0.1, 0.15) is 28.3 Å². The zero-order valence-corrected chi connectivity index (χ0v) is 13.3. The molecule has 120 valence electrons. The van der Waals surface area contributed by atoms with E-state index >= 15 is 0 Å². The maximum absolute atomic E-state index is 12.4. The Morgan fingerprint density at radius 2 is 1.70 bits per heavy atom. The Morgan fingerprint density at radius 1 is 1.09 bits per heavy atom. The Kier molecular flexibility index (Phi) is 5.46. The van der Waals surface area contributed by atoms with Crippen molar-refractivity contribution in [2.75, 3.05) is 25.5 Å². The van der Waals surface area contributed by atoms with Crippen LogP contribution in [0.4, 0.5) is 5.69 Å². The Labute approximate surface area is 135 Å². The van der Waals surface area contributed by atoms with Crippen LogP contribution in [0.15, 0.2) is 54.6 Å². The van der Waals surface area contributed by atoms with Crippen molar-refractivity contribution in [3.63, 3.8) is 0 Å². The number of nitrogens with zero attached hydrogens (tertiary/aromatic N) is 2. The van der Waals surface area contributed by atoms with E-state index in [2.05, 4.69) is 0 Å². The molecule has 0 aliphatic carbocycles. The summed E-state index contributed by atoms with van der Waals surface area (Å²) in [4.78, 5) is 24.9. The fourth-order valence-corrected chi connectivity index (χ4v) is 2.48. The Bertz CT molecular complexity index is 666. The summed E-state index contributed by atoms with van der Waals surface area (Å²) in [6.07, 6.45) is 0.131. The number of Topliss-reactive ketones (excluding diaryl/α,β-unsaturated/α-hetero) is 1. The number of hydrogen-bond donors (Lipinski definition) is 0. The smallest absolute Gasteiger partial charge is 0.211 e. The number of carbonyl (C=O) groups is 1. The monoisotopic (exact) mass is 312 g/mol. The van der Waals surface area contributed by atoms with Crippen LogP contribution in [-0.2, 0) is 0 Å². The van der Waals surface area contributed by atoms with Crippen molar-refractivity contribution < 1.29 is 9.72 Å². The fourth-order valence-electron chi connectivity index (χ4n) is 2.48. The third-order valence-electron chi connectivity index (χ3n) is 3.78. The maximum Gasteiger partial charge on any atom is 0.211 e. The Balaban J connectivity index is 2.19. The van der Waals surface area contributed by atoms with E-state index < -0.39 is 5.92 Å². The van der Waals surface area contributed by atoms with Gasteiger partial charge in [0.25, 0.3) is 0 Å². The molecule has 0 amide bonds. The molecule has 2 aromatic rings. The number of hydrogen-bond acceptors (Lipinski definition) is 4. The molecule has 2 aromatic carbocycles. The van der Waals surface area contributed by atoms with Crippen LogP contribution >= 0.6 is 0 Å². The molecule has 0 saturated heterocycles. The van der Waals surface area contributed by atoms with Gasteiger partial charge in [-0.3, -0.25) is 14.9 Å². The first-order chi connectivity index (χ1) is 11.0. The molecule has 0 radical (unpaired) electrons. The lowest BCUT2D eigenvalue weighted by Crippen LogP contribution is -2.17. The molecule has 0 heterocycles. The topological polar surface area (TPSA) is 63.5 Å². The lowest BCUT2D eigenvalue weighted by molar-refractivity contribution is -0.483. The first-order valence-corrected chi connectivity index (χ1v) is 7.44. The van der Waals surface area contributed by atoms with Crippen molar-refractivity contribution in [3.05, 3.63) is 75.8 Å². The molecule has 1 atom stereocenters. The minimum atomic E-state index is -0.422. The zero-order chi connectivity index (χ0) is 16.8. The Morgan fingerprint density at radius 3 is 2.22 bits per heavy atom. The normalized spacial score (nSPS) is 11.7. The summed E-state index contributed by atoms with van der Waals surface area (Å²) in [5.74, 6) is -0.497. The molecule has 1 unspecified atom stereocenters. The van der Waals surface area contributed by atoms with Gasteiger partial charge in [0.15, 0.2) is 5.78 Å². The molecule has 0 bridgehead atoms. The van der Waals surface area contributed by atoms with Gasteiger partial charge in [0.05, 0.1) is 5.92 Å². The van der Waals surface area contributed by atoms with Gasteiger partial charge in [-0.1, -0.05) is 42.5 Å². The first kappa shape index (κ1) is 16.7. The summed E-state index contributed by atoms with van der Waals surface area (Å²) in [6, 6.07) is 16.4. The molecule has 0 N–H and O–H groups in total. The van der Waals surface area contributed by atoms with Crippen molar-refractivity contribution >= 4 is 11.5 Å². The van der Waals surface area contributed by atoms with E-state index in [1.165, 1.54) is 0 Å². The molecule has 0 fully saturated rings. The molecular formula is C18H20N2O3. The van der Waals surface area contributed by atoms with Crippen LogP contribution in [0.25, 0.3) is 0 Å². The van der Waals surface area contributed by atoms with E-state index in [1.807, 2.05) is 49.3 Å². The third kappa shape index (κ3) is 4.64. The highest BCUT2D eigenvalue weighted by atomic mass is 16.6. The lowest BCUT2D eigenvalue weighted by Gasteiger charge is -2.16. The van der Waals surface area contributed by atoms with Crippen molar-refractivity contribution in [3.8, 4) is 0 Å². The second kappa shape index (κ2) is 7.54. The van der Waals surface area contributed by atoms with Crippen molar-refractivity contribution in [1.82, 2.24) is 0 Å². The average molecular weight is 312 g/mol. The summed E-state index contributed by atoms with van der Waals surface area (Å²) >= 11 is 0. The lowest BCUT2D eigenvalue weighted by atomic mass is 9.91. The molecule has 0 aliphatic rings. The van der Waals surface area contributed by atoms with Gasteiger partial charge in [-0.15, -0.1) is 0 Å². The van der Waals surface area contributed by atoms with E-state index in [4.69, 9.17) is 0 Å². The van der Waals surface area contributed by atoms with Crippen molar-refractivity contribution in [1.29, 1.82) is 0 Å². The molecule has 0 aromatic heterocycles. The minimum absolute atomic E-state index is 0.0749. The highest BCUT2D eigenvalue weighted by molar-refractivity contribution is 5.96. The number of nitro groups is 1. The molecule has 5 heteroatoms. The van der Waals surface area contributed by atoms with Gasteiger partial charge in [-0.25, -0.2) is 0 Å². The largest absolute Gasteiger partial charge is 0.378 e. The fraction of sp³-hybridized carbons (Fsp3) is 0.278. The molecule has 0 saturated carbocycles. The predicted octanol–water partition coefficient (Wildman–Crippen LogP) is 3.39. The molecule has 5 nitrogen and oxygen atoms in total. The third-order valence-corrected chi connectivity index (χ3v) is 3.78. The summed E-state index contributed by atoms with van der Waals surface area (Å²) in [6.45, 7) is -0.250. The summed E-state index contributed by atoms with van der Waals surface area (Å²) in [5, 5.41) is 11.0. The highest BCUT2D eigenvalue weighted by Crippen LogP contribution is 2.24. The van der Waals surface area contributed by atoms with Crippen LogP contribution in [0.2, 0.25) is 0 Å². The van der Waals surface area contributed by atoms with Crippen LogP contribution in [0, 0.1) is 10.1 Å². The number of anilines is 1. The van der Waals surface area contributed by atoms with Crippen LogP contribution in [0.5, 0.6) is 0 Å². The second-order valence-corrected chi connectivity index (χ2v) is 5.69. The quantitative estimate of drug-likeness (QED) is 0.446. The van der Waals surface area contributed by atoms with Gasteiger partial charge in [-0.2, -0.15) is 0 Å². The summed E-state index contributed by atoms with van der Waals surface area (Å²) in [7, 11) is 3.87. The van der Waals surface area contributed by atoms with Gasteiger partial charge >= 0.3 is 0 Å². The molecule has 2 rings (SSSR count). The molecule has 0 spiro atoms. The van der Waals surface area contributed by atoms with E-state index in [0.717, 1.165) is 11.3 Å². The van der Waals surface area contributed by atoms with E-state index in [0.29, 0.717) is 5.56 Å². The van der Waals surface area contributed by atoms with Crippen molar-refractivity contribution in [2.45, 2.75) is 12.3 Å². The van der Waals surface area contributed by atoms with Gasteiger partial charge in [0, 0.05) is 36.7 Å². The SMILES string of the molecule is CN(C)c1ccc(C(CC(=O)c2ccccc2)C[N+](=O)[O-])cc1. The second-order valence-electron chi connectivity index (χ2n) is 5.69. The van der Waals surface area contributed by atoms with E-state index in [1.54, 1.807) is 24.3 Å². The van der Waals surface area contributed by atoms with Crippen LogP contribution in [-0.4, -0.2) is 31.3 Å². The molecule has 23 heavy (non-hydrogen) atoms. The molecule has 0 aliphatic heterocycles. The van der Waals surface area contributed by atoms with E-state index in [-0.39, 0.29) is 23.7 Å². The zero-order valence-electron chi connectivity index (χ0n) is 13.3. The van der Waals surface area contributed by atoms with E-state index in [9.17, 15) is 14.9 Å². The average Bonchev–Trinajstić information content (AvgIpc) is 2.54. The number of ketones is 1. The summed E-state index contributed by atoms with van der Waals surface area (Å²) < 4.78 is 0. The maximum atomic E-state index is 12.4. The van der Waals surface area contributed by atoms with Crippen molar-refractivity contribution in [2.24, 2.45) is 0 Å². The standard InChI is InChI=1S/C18H20N2O3/c1-19(2)17-10-8-14(9-11-17)16(13-20(22)23)12-18(21)15-6-4-3-5-7-15/h3-11,16H,12-13H2,1-2H3. The van der Waals surface area contributed by atoms with Gasteiger partial charge in [0.2, 0.25) is 6.54 Å². The van der Waals surface area contributed by atoms with Gasteiger partial charge in [0.1, 0.15) is 0 Å². The van der Waals surface area contributed by atoms with Crippen LogP contribution < -0.4 is 4.90 Å². The highest BCUT2D eigenvalue weighted by Gasteiger charge is 2.22. The number of benzene rings is 2. The predicted molar refractivity (Wildman–Crippen MR) is 90.8 cm³/mol. The number of rotatable bonds is 7.